The van der Waals surface area contributed by atoms with Crippen LogP contribution in [0.5, 0.6) is 0 Å². The molecule has 1 aliphatic heterocycles. The maximum absolute atomic E-state index is 12.1. The number of hydrogen-bond acceptors (Lipinski definition) is 7. The zero-order valence-corrected chi connectivity index (χ0v) is 15.6. The molecule has 9 nitrogen and oxygen atoms in total. The lowest BCUT2D eigenvalue weighted by Gasteiger charge is -2.16. The Kier molecular flexibility index (Phi) is 4.55. The van der Waals surface area contributed by atoms with Crippen molar-refractivity contribution in [3.63, 3.8) is 0 Å². The van der Waals surface area contributed by atoms with Crippen molar-refractivity contribution in [3.8, 4) is 11.3 Å². The number of nitro benzene ring substituents is 1. The lowest BCUT2D eigenvalue weighted by atomic mass is 10.1. The highest BCUT2D eigenvalue weighted by Crippen LogP contribution is 2.34. The standard InChI is InChI=1S/C20H16N4O5/c1-12-3-4-15(11-21-12)19-22-23(13(2)25)20(29-19)18-10-9-17(28-18)14-5-7-16(8-6-14)24(26)27/h3-11,20H,1-2H3/t20-/m0/s1. The predicted molar refractivity (Wildman–Crippen MR) is 103 cm³/mol. The molecule has 0 spiro atoms. The fraction of sp³-hybridized carbons (Fsp3) is 0.150. The molecule has 0 radical (unpaired) electrons. The van der Waals surface area contributed by atoms with Crippen LogP contribution in [-0.4, -0.2) is 26.7 Å². The minimum absolute atomic E-state index is 0.00726. The van der Waals surface area contributed by atoms with Crippen molar-refractivity contribution in [1.29, 1.82) is 0 Å². The van der Waals surface area contributed by atoms with Gasteiger partial charge in [0.15, 0.2) is 5.76 Å². The van der Waals surface area contributed by atoms with Crippen LogP contribution in [0.3, 0.4) is 0 Å². The van der Waals surface area contributed by atoms with Gasteiger partial charge in [0.05, 0.1) is 10.5 Å². The van der Waals surface area contributed by atoms with Crippen LogP contribution in [-0.2, 0) is 9.53 Å². The Morgan fingerprint density at radius 1 is 1.10 bits per heavy atom. The molecule has 0 saturated carbocycles. The molecule has 1 aliphatic rings. The molecule has 1 amide bonds. The number of nitro groups is 1. The summed E-state index contributed by atoms with van der Waals surface area (Å²) in [6.07, 6.45) is 0.773. The Morgan fingerprint density at radius 2 is 1.83 bits per heavy atom. The van der Waals surface area contributed by atoms with Crippen LogP contribution < -0.4 is 0 Å². The average molecular weight is 392 g/mol. The number of nitrogens with zero attached hydrogens (tertiary/aromatic N) is 4. The Balaban J connectivity index is 1.60. The van der Waals surface area contributed by atoms with Gasteiger partial charge in [0, 0.05) is 36.5 Å². The molecule has 4 rings (SSSR count). The molecule has 29 heavy (non-hydrogen) atoms. The zero-order valence-electron chi connectivity index (χ0n) is 15.6. The molecule has 2 aromatic heterocycles. The normalized spacial score (nSPS) is 15.7. The highest BCUT2D eigenvalue weighted by atomic mass is 16.6. The molecule has 0 N–H and O–H groups in total. The van der Waals surface area contributed by atoms with Crippen LogP contribution in [0.15, 0.2) is 64.2 Å². The van der Waals surface area contributed by atoms with Gasteiger partial charge in [0.1, 0.15) is 5.76 Å². The van der Waals surface area contributed by atoms with E-state index in [0.29, 0.717) is 22.6 Å². The van der Waals surface area contributed by atoms with Gasteiger partial charge in [-0.3, -0.25) is 19.9 Å². The van der Waals surface area contributed by atoms with E-state index in [-0.39, 0.29) is 17.5 Å². The van der Waals surface area contributed by atoms with Crippen LogP contribution in [0.2, 0.25) is 0 Å². The lowest BCUT2D eigenvalue weighted by Crippen LogP contribution is -2.24. The van der Waals surface area contributed by atoms with Gasteiger partial charge in [0.2, 0.25) is 11.8 Å². The molecule has 9 heteroatoms. The fourth-order valence-electron chi connectivity index (χ4n) is 2.85. The van der Waals surface area contributed by atoms with Crippen LogP contribution in [0, 0.1) is 17.0 Å². The van der Waals surface area contributed by atoms with Crippen molar-refractivity contribution in [2.75, 3.05) is 0 Å². The Hall–Kier alpha value is -4.01. The first-order chi connectivity index (χ1) is 13.9. The van der Waals surface area contributed by atoms with Crippen LogP contribution in [0.1, 0.15) is 30.2 Å². The van der Waals surface area contributed by atoms with Crippen molar-refractivity contribution in [2.45, 2.75) is 20.1 Å². The molecule has 0 aliphatic carbocycles. The summed E-state index contributed by atoms with van der Waals surface area (Å²) in [6, 6.07) is 13.0. The summed E-state index contributed by atoms with van der Waals surface area (Å²) in [5.74, 6) is 0.837. The summed E-state index contributed by atoms with van der Waals surface area (Å²) in [7, 11) is 0. The molecule has 0 unspecified atom stereocenters. The molecule has 0 saturated heterocycles. The highest BCUT2D eigenvalue weighted by molar-refractivity contribution is 5.96. The van der Waals surface area contributed by atoms with E-state index in [0.717, 1.165) is 5.69 Å². The van der Waals surface area contributed by atoms with Gasteiger partial charge < -0.3 is 9.15 Å². The molecule has 3 aromatic rings. The van der Waals surface area contributed by atoms with Gasteiger partial charge in [-0.2, -0.15) is 5.01 Å². The van der Waals surface area contributed by atoms with Crippen LogP contribution >= 0.6 is 0 Å². The van der Waals surface area contributed by atoms with E-state index in [1.54, 1.807) is 30.5 Å². The topological polar surface area (TPSA) is 111 Å². The van der Waals surface area contributed by atoms with E-state index in [9.17, 15) is 14.9 Å². The van der Waals surface area contributed by atoms with Gasteiger partial charge >= 0.3 is 0 Å². The molecule has 1 atom stereocenters. The number of hydrazone groups is 1. The highest BCUT2D eigenvalue weighted by Gasteiger charge is 2.35. The number of rotatable bonds is 4. The average Bonchev–Trinajstić information content (AvgIpc) is 3.36. The maximum atomic E-state index is 12.1. The van der Waals surface area contributed by atoms with Crippen LogP contribution in [0.25, 0.3) is 11.3 Å². The smallest absolute Gasteiger partial charge is 0.269 e. The third-order valence-electron chi connectivity index (χ3n) is 4.36. The number of hydrogen-bond donors (Lipinski definition) is 0. The van der Waals surface area contributed by atoms with Gasteiger partial charge in [-0.1, -0.05) is 0 Å². The number of carbonyl (C=O) groups excluding carboxylic acids is 1. The lowest BCUT2D eigenvalue weighted by molar-refractivity contribution is -0.384. The Labute approximate surface area is 165 Å². The van der Waals surface area contributed by atoms with Crippen molar-refractivity contribution in [3.05, 3.63) is 81.9 Å². The second-order valence-corrected chi connectivity index (χ2v) is 6.43. The molecular formula is C20H16N4O5. The molecule has 0 bridgehead atoms. The summed E-state index contributed by atoms with van der Waals surface area (Å²) in [5.41, 5.74) is 2.16. The summed E-state index contributed by atoms with van der Waals surface area (Å²) >= 11 is 0. The van der Waals surface area contributed by atoms with E-state index in [1.807, 2.05) is 19.1 Å². The molecular weight excluding hydrogens is 376 g/mol. The number of pyridine rings is 1. The number of amides is 1. The number of benzene rings is 1. The third kappa shape index (κ3) is 3.57. The minimum Gasteiger partial charge on any atom is -0.455 e. The van der Waals surface area contributed by atoms with E-state index >= 15 is 0 Å². The second-order valence-electron chi connectivity index (χ2n) is 6.43. The number of ether oxygens (including phenoxy) is 1. The molecule has 0 fully saturated rings. The fourth-order valence-corrected chi connectivity index (χ4v) is 2.85. The maximum Gasteiger partial charge on any atom is 0.269 e. The van der Waals surface area contributed by atoms with Gasteiger partial charge in [-0.05, 0) is 43.3 Å². The molecule has 3 heterocycles. The third-order valence-corrected chi connectivity index (χ3v) is 4.36. The summed E-state index contributed by atoms with van der Waals surface area (Å²) in [6.45, 7) is 3.25. The van der Waals surface area contributed by atoms with Crippen molar-refractivity contribution in [1.82, 2.24) is 9.99 Å². The van der Waals surface area contributed by atoms with Gasteiger partial charge in [-0.15, -0.1) is 5.10 Å². The van der Waals surface area contributed by atoms with E-state index in [2.05, 4.69) is 10.1 Å². The SMILES string of the molecule is CC(=O)N1N=C(c2ccc(C)nc2)O[C@H]1c1ccc(-c2ccc([N+](=O)[O-])cc2)o1. The van der Waals surface area contributed by atoms with Gasteiger partial charge in [-0.25, -0.2) is 0 Å². The largest absolute Gasteiger partial charge is 0.455 e. The first-order valence-electron chi connectivity index (χ1n) is 8.75. The van der Waals surface area contributed by atoms with Crippen molar-refractivity contribution < 1.29 is 18.9 Å². The number of aromatic nitrogens is 1. The van der Waals surface area contributed by atoms with E-state index in [1.165, 1.54) is 24.1 Å². The Morgan fingerprint density at radius 3 is 2.45 bits per heavy atom. The summed E-state index contributed by atoms with van der Waals surface area (Å²) in [5, 5.41) is 16.3. The van der Waals surface area contributed by atoms with E-state index in [4.69, 9.17) is 9.15 Å². The van der Waals surface area contributed by atoms with Crippen LogP contribution in [0.4, 0.5) is 5.69 Å². The number of furan rings is 1. The minimum atomic E-state index is -0.851. The first-order valence-corrected chi connectivity index (χ1v) is 8.75. The second kappa shape index (κ2) is 7.19. The predicted octanol–water partition coefficient (Wildman–Crippen LogP) is 3.80. The first kappa shape index (κ1) is 18.4. The summed E-state index contributed by atoms with van der Waals surface area (Å²) in [4.78, 5) is 26.6. The molecule has 146 valence electrons. The molecule has 1 aromatic carbocycles. The van der Waals surface area contributed by atoms with E-state index < -0.39 is 11.2 Å². The zero-order chi connectivity index (χ0) is 20.5. The number of non-ortho nitro benzene ring substituents is 1. The quantitative estimate of drug-likeness (QED) is 0.493. The van der Waals surface area contributed by atoms with Crippen molar-refractivity contribution >= 4 is 17.5 Å². The number of carbonyl (C=O) groups is 1. The Bertz CT molecular complexity index is 1100. The monoisotopic (exact) mass is 392 g/mol. The summed E-state index contributed by atoms with van der Waals surface area (Å²) < 4.78 is 11.7. The van der Waals surface area contributed by atoms with Gasteiger partial charge in [0.25, 0.3) is 11.9 Å². The number of aryl methyl sites for hydroxylation is 1. The van der Waals surface area contributed by atoms with Crippen molar-refractivity contribution in [2.24, 2.45) is 5.10 Å².